The van der Waals surface area contributed by atoms with Crippen molar-refractivity contribution in [3.8, 4) is 11.1 Å². The summed E-state index contributed by atoms with van der Waals surface area (Å²) >= 11 is 0. The highest BCUT2D eigenvalue weighted by Crippen LogP contribution is 2.29. The second-order valence-corrected chi connectivity index (χ2v) is 4.43. The van der Waals surface area contributed by atoms with Crippen LogP contribution in [0.25, 0.3) is 22.0 Å². The molecule has 5 nitrogen and oxygen atoms in total. The molecule has 0 aliphatic rings. The molecule has 0 fully saturated rings. The average Bonchev–Trinajstić information content (AvgIpc) is 2.86. The highest BCUT2D eigenvalue weighted by Gasteiger charge is 2.10. The normalized spacial score (nSPS) is 10.8. The SMILES string of the molecule is Cc1ccc([N+](=O)[O-])cc1-c1ccc2cn[nH]c2c1. The van der Waals surface area contributed by atoms with Crippen LogP contribution in [0, 0.1) is 17.0 Å². The first-order valence-corrected chi connectivity index (χ1v) is 5.84. The van der Waals surface area contributed by atoms with E-state index in [1.165, 1.54) is 6.07 Å². The maximum atomic E-state index is 10.9. The molecule has 1 aromatic heterocycles. The molecule has 94 valence electrons. The molecule has 0 bridgehead atoms. The number of non-ortho nitro benzene ring substituents is 1. The first kappa shape index (κ1) is 11.4. The van der Waals surface area contributed by atoms with Crippen LogP contribution in [-0.2, 0) is 0 Å². The number of nitro groups is 1. The number of hydrogen-bond acceptors (Lipinski definition) is 3. The average molecular weight is 253 g/mol. The van der Waals surface area contributed by atoms with Gasteiger partial charge in [-0.05, 0) is 29.7 Å². The summed E-state index contributed by atoms with van der Waals surface area (Å²) in [6, 6.07) is 10.7. The van der Waals surface area contributed by atoms with Crippen LogP contribution in [0.5, 0.6) is 0 Å². The number of aromatic amines is 1. The molecule has 0 atom stereocenters. The minimum atomic E-state index is -0.377. The number of H-pyrrole nitrogens is 1. The second kappa shape index (κ2) is 4.20. The predicted octanol–water partition coefficient (Wildman–Crippen LogP) is 3.45. The maximum absolute atomic E-state index is 10.9. The molecule has 0 saturated carbocycles. The topological polar surface area (TPSA) is 71.8 Å². The Bertz CT molecular complexity index is 777. The Hall–Kier alpha value is -2.69. The van der Waals surface area contributed by atoms with Crippen LogP contribution in [0.2, 0.25) is 0 Å². The Morgan fingerprint density at radius 3 is 2.84 bits per heavy atom. The van der Waals surface area contributed by atoms with Crippen molar-refractivity contribution in [1.82, 2.24) is 10.2 Å². The van der Waals surface area contributed by atoms with Crippen LogP contribution in [0.3, 0.4) is 0 Å². The summed E-state index contributed by atoms with van der Waals surface area (Å²) in [6.45, 7) is 1.94. The van der Waals surface area contributed by atoms with Crippen LogP contribution in [0.1, 0.15) is 5.56 Å². The number of nitrogens with zero attached hydrogens (tertiary/aromatic N) is 2. The molecule has 2 aromatic carbocycles. The van der Waals surface area contributed by atoms with E-state index in [9.17, 15) is 10.1 Å². The molecular formula is C14H11N3O2. The van der Waals surface area contributed by atoms with Gasteiger partial charge in [0.15, 0.2) is 0 Å². The lowest BCUT2D eigenvalue weighted by atomic mass is 9.99. The van der Waals surface area contributed by atoms with Gasteiger partial charge < -0.3 is 0 Å². The Morgan fingerprint density at radius 1 is 1.21 bits per heavy atom. The first-order valence-electron chi connectivity index (χ1n) is 5.84. The largest absolute Gasteiger partial charge is 0.278 e. The molecule has 19 heavy (non-hydrogen) atoms. The summed E-state index contributed by atoms with van der Waals surface area (Å²) in [7, 11) is 0. The van der Waals surface area contributed by atoms with E-state index in [1.54, 1.807) is 18.3 Å². The van der Waals surface area contributed by atoms with Gasteiger partial charge in [-0.1, -0.05) is 18.2 Å². The lowest BCUT2D eigenvalue weighted by molar-refractivity contribution is -0.384. The summed E-state index contributed by atoms with van der Waals surface area (Å²) in [5.41, 5.74) is 3.84. The lowest BCUT2D eigenvalue weighted by Gasteiger charge is -2.06. The summed E-state index contributed by atoms with van der Waals surface area (Å²) in [4.78, 5) is 10.5. The lowest BCUT2D eigenvalue weighted by Crippen LogP contribution is -1.90. The van der Waals surface area contributed by atoms with Crippen molar-refractivity contribution in [3.05, 3.63) is 58.3 Å². The quantitative estimate of drug-likeness (QED) is 0.561. The predicted molar refractivity (Wildman–Crippen MR) is 72.9 cm³/mol. The van der Waals surface area contributed by atoms with Crippen LogP contribution in [0.4, 0.5) is 5.69 Å². The Balaban J connectivity index is 2.19. The van der Waals surface area contributed by atoms with E-state index in [0.29, 0.717) is 0 Å². The van der Waals surface area contributed by atoms with Crippen LogP contribution in [0.15, 0.2) is 42.6 Å². The second-order valence-electron chi connectivity index (χ2n) is 4.43. The summed E-state index contributed by atoms with van der Waals surface area (Å²) < 4.78 is 0. The van der Waals surface area contributed by atoms with Gasteiger partial charge in [0.25, 0.3) is 5.69 Å². The van der Waals surface area contributed by atoms with Crippen LogP contribution in [-0.4, -0.2) is 15.1 Å². The highest BCUT2D eigenvalue weighted by atomic mass is 16.6. The molecule has 3 rings (SSSR count). The monoisotopic (exact) mass is 253 g/mol. The third-order valence-electron chi connectivity index (χ3n) is 3.18. The van der Waals surface area contributed by atoms with Gasteiger partial charge in [-0.25, -0.2) is 0 Å². The first-order chi connectivity index (χ1) is 9.15. The fraction of sp³-hybridized carbons (Fsp3) is 0.0714. The molecule has 0 saturated heterocycles. The third kappa shape index (κ3) is 1.95. The molecule has 5 heteroatoms. The van der Waals surface area contributed by atoms with Gasteiger partial charge >= 0.3 is 0 Å². The van der Waals surface area contributed by atoms with Crippen molar-refractivity contribution in [2.75, 3.05) is 0 Å². The van der Waals surface area contributed by atoms with E-state index in [0.717, 1.165) is 27.6 Å². The fourth-order valence-electron chi connectivity index (χ4n) is 2.14. The van der Waals surface area contributed by atoms with Crippen molar-refractivity contribution >= 4 is 16.6 Å². The Morgan fingerprint density at radius 2 is 2.05 bits per heavy atom. The smallest absolute Gasteiger partial charge is 0.270 e. The van der Waals surface area contributed by atoms with E-state index < -0.39 is 0 Å². The van der Waals surface area contributed by atoms with Gasteiger partial charge in [0.05, 0.1) is 16.6 Å². The summed E-state index contributed by atoms with van der Waals surface area (Å²) in [5.74, 6) is 0. The van der Waals surface area contributed by atoms with Crippen LogP contribution >= 0.6 is 0 Å². The molecule has 0 aliphatic heterocycles. The minimum Gasteiger partial charge on any atom is -0.278 e. The maximum Gasteiger partial charge on any atom is 0.270 e. The number of benzene rings is 2. The number of hydrogen-bond donors (Lipinski definition) is 1. The van der Waals surface area contributed by atoms with E-state index in [4.69, 9.17) is 0 Å². The van der Waals surface area contributed by atoms with Crippen molar-refractivity contribution in [2.45, 2.75) is 6.92 Å². The summed E-state index contributed by atoms with van der Waals surface area (Å²) in [5, 5.41) is 18.8. The molecule has 3 aromatic rings. The number of aromatic nitrogens is 2. The highest BCUT2D eigenvalue weighted by molar-refractivity contribution is 5.84. The standard InChI is InChI=1S/C14H11N3O2/c1-9-2-5-12(17(18)19)7-13(9)10-3-4-11-8-15-16-14(11)6-10/h2-8H,1H3,(H,15,16). The van der Waals surface area contributed by atoms with Crippen molar-refractivity contribution < 1.29 is 4.92 Å². The molecule has 0 amide bonds. The number of aryl methyl sites for hydroxylation is 1. The van der Waals surface area contributed by atoms with Crippen molar-refractivity contribution in [2.24, 2.45) is 0 Å². The van der Waals surface area contributed by atoms with E-state index in [-0.39, 0.29) is 10.6 Å². The van der Waals surface area contributed by atoms with E-state index >= 15 is 0 Å². The molecule has 1 N–H and O–H groups in total. The molecule has 0 spiro atoms. The third-order valence-corrected chi connectivity index (χ3v) is 3.18. The number of nitro benzene ring substituents is 1. The Labute approximate surface area is 109 Å². The van der Waals surface area contributed by atoms with Gasteiger partial charge in [-0.3, -0.25) is 15.2 Å². The zero-order chi connectivity index (χ0) is 13.4. The zero-order valence-electron chi connectivity index (χ0n) is 10.3. The van der Waals surface area contributed by atoms with Gasteiger partial charge in [0, 0.05) is 17.5 Å². The molecule has 1 heterocycles. The van der Waals surface area contributed by atoms with Crippen molar-refractivity contribution in [1.29, 1.82) is 0 Å². The van der Waals surface area contributed by atoms with Gasteiger partial charge in [-0.15, -0.1) is 0 Å². The molecular weight excluding hydrogens is 242 g/mol. The number of fused-ring (bicyclic) bond motifs is 1. The van der Waals surface area contributed by atoms with Gasteiger partial charge in [0.2, 0.25) is 0 Å². The number of nitrogens with one attached hydrogen (secondary N) is 1. The molecule has 0 aliphatic carbocycles. The molecule has 0 radical (unpaired) electrons. The Kier molecular flexibility index (Phi) is 2.52. The number of rotatable bonds is 2. The van der Waals surface area contributed by atoms with E-state index in [1.807, 2.05) is 25.1 Å². The molecule has 0 unspecified atom stereocenters. The van der Waals surface area contributed by atoms with Crippen molar-refractivity contribution in [3.63, 3.8) is 0 Å². The van der Waals surface area contributed by atoms with E-state index in [2.05, 4.69) is 10.2 Å². The fourth-order valence-corrected chi connectivity index (χ4v) is 2.14. The van der Waals surface area contributed by atoms with Crippen LogP contribution < -0.4 is 0 Å². The van der Waals surface area contributed by atoms with Gasteiger partial charge in [0.1, 0.15) is 0 Å². The minimum absolute atomic E-state index is 0.102. The summed E-state index contributed by atoms with van der Waals surface area (Å²) in [6.07, 6.45) is 1.75. The zero-order valence-corrected chi connectivity index (χ0v) is 10.3. The van der Waals surface area contributed by atoms with Gasteiger partial charge in [-0.2, -0.15) is 5.10 Å².